The van der Waals surface area contributed by atoms with Crippen molar-refractivity contribution in [2.24, 2.45) is 5.92 Å². The molecule has 0 saturated carbocycles. The maximum Gasteiger partial charge on any atom is 0.0118 e. The highest BCUT2D eigenvalue weighted by Crippen LogP contribution is 2.22. The van der Waals surface area contributed by atoms with E-state index in [9.17, 15) is 0 Å². The van der Waals surface area contributed by atoms with Gasteiger partial charge in [-0.05, 0) is 31.8 Å². The van der Waals surface area contributed by atoms with Gasteiger partial charge in [0.25, 0.3) is 0 Å². The van der Waals surface area contributed by atoms with Gasteiger partial charge in [0, 0.05) is 6.04 Å². The predicted molar refractivity (Wildman–Crippen MR) is 49.7 cm³/mol. The number of rotatable bonds is 2. The van der Waals surface area contributed by atoms with Crippen molar-refractivity contribution in [3.05, 3.63) is 0 Å². The molecule has 1 nitrogen and oxygen atoms in total. The molecule has 0 aromatic heterocycles. The minimum atomic E-state index is 0.843. The zero-order valence-corrected chi connectivity index (χ0v) is 8.14. The third-order valence-corrected chi connectivity index (χ3v) is 2.84. The van der Waals surface area contributed by atoms with E-state index in [4.69, 9.17) is 0 Å². The van der Waals surface area contributed by atoms with Gasteiger partial charge in [-0.25, -0.2) is 0 Å². The van der Waals surface area contributed by atoms with Gasteiger partial charge in [0.15, 0.2) is 0 Å². The largest absolute Gasteiger partial charge is 0.300 e. The summed E-state index contributed by atoms with van der Waals surface area (Å²) in [7, 11) is 0. The van der Waals surface area contributed by atoms with E-state index in [-0.39, 0.29) is 0 Å². The van der Waals surface area contributed by atoms with Crippen LogP contribution in [0.3, 0.4) is 0 Å². The van der Waals surface area contributed by atoms with Crippen LogP contribution in [0, 0.1) is 5.92 Å². The summed E-state index contributed by atoms with van der Waals surface area (Å²) < 4.78 is 0. The molecule has 0 unspecified atom stereocenters. The van der Waals surface area contributed by atoms with E-state index in [1.54, 1.807) is 0 Å². The lowest BCUT2D eigenvalue weighted by molar-refractivity contribution is 0.119. The van der Waals surface area contributed by atoms with Crippen LogP contribution in [0.1, 0.15) is 40.0 Å². The summed E-state index contributed by atoms with van der Waals surface area (Å²) in [5, 5.41) is 0. The first kappa shape index (κ1) is 9.05. The van der Waals surface area contributed by atoms with Gasteiger partial charge in [0.1, 0.15) is 0 Å². The fraction of sp³-hybridized carbons (Fsp3) is 1.00. The van der Waals surface area contributed by atoms with E-state index in [1.807, 2.05) is 0 Å². The fourth-order valence-corrected chi connectivity index (χ4v) is 2.16. The monoisotopic (exact) mass is 155 g/mol. The van der Waals surface area contributed by atoms with Gasteiger partial charge < -0.3 is 4.90 Å². The highest BCUT2D eigenvalue weighted by molar-refractivity contribution is 4.78. The summed E-state index contributed by atoms with van der Waals surface area (Å²) in [5.74, 6) is 0.843. The van der Waals surface area contributed by atoms with Crippen molar-refractivity contribution in [1.82, 2.24) is 4.90 Å². The molecule has 0 aromatic carbocycles. The molecule has 11 heavy (non-hydrogen) atoms. The first-order valence-corrected chi connectivity index (χ1v) is 4.99. The Hall–Kier alpha value is -0.0400. The summed E-state index contributed by atoms with van der Waals surface area (Å²) in [6, 6.07) is 0.869. The van der Waals surface area contributed by atoms with Crippen LogP contribution >= 0.6 is 0 Å². The van der Waals surface area contributed by atoms with Crippen LogP contribution in [-0.2, 0) is 0 Å². The summed E-state index contributed by atoms with van der Waals surface area (Å²) in [5.41, 5.74) is 0. The highest BCUT2D eigenvalue weighted by Gasteiger charge is 2.22. The van der Waals surface area contributed by atoms with Crippen molar-refractivity contribution < 1.29 is 0 Å². The number of hydrogen-bond acceptors (Lipinski definition) is 1. The molecule has 1 heterocycles. The van der Waals surface area contributed by atoms with E-state index in [1.165, 1.54) is 32.4 Å². The summed E-state index contributed by atoms with van der Waals surface area (Å²) in [4.78, 5) is 2.63. The molecule has 1 heteroatoms. The molecule has 1 rings (SSSR count). The van der Waals surface area contributed by atoms with Crippen LogP contribution in [0.4, 0.5) is 0 Å². The summed E-state index contributed by atoms with van der Waals surface area (Å²) in [6.07, 6.45) is 4.28. The lowest BCUT2D eigenvalue weighted by atomic mass is 9.93. The zero-order chi connectivity index (χ0) is 8.27. The predicted octanol–water partition coefficient (Wildman–Crippen LogP) is 2.52. The number of likely N-dealkylation sites (tertiary alicyclic amines) is 1. The zero-order valence-electron chi connectivity index (χ0n) is 8.14. The van der Waals surface area contributed by atoms with Crippen LogP contribution in [0.5, 0.6) is 0 Å². The SMILES string of the molecule is CCN1CCCC[C@H]1C(C)C. The smallest absolute Gasteiger partial charge is 0.0118 e. The van der Waals surface area contributed by atoms with Crippen molar-refractivity contribution in [3.8, 4) is 0 Å². The number of hydrogen-bond donors (Lipinski definition) is 0. The molecule has 0 amide bonds. The molecule has 1 aliphatic heterocycles. The third-order valence-electron chi connectivity index (χ3n) is 2.84. The van der Waals surface area contributed by atoms with Crippen LogP contribution in [0.25, 0.3) is 0 Å². The molecule has 1 aliphatic rings. The normalized spacial score (nSPS) is 27.8. The molecule has 0 N–H and O–H groups in total. The van der Waals surface area contributed by atoms with Gasteiger partial charge >= 0.3 is 0 Å². The third kappa shape index (κ3) is 2.19. The lowest BCUT2D eigenvalue weighted by Crippen LogP contribution is -2.42. The maximum atomic E-state index is 2.63. The Kier molecular flexibility index (Phi) is 3.38. The number of piperidine rings is 1. The first-order valence-electron chi connectivity index (χ1n) is 4.99. The van der Waals surface area contributed by atoms with Crippen LogP contribution in [0.2, 0.25) is 0 Å². The number of nitrogens with zero attached hydrogens (tertiary/aromatic N) is 1. The van der Waals surface area contributed by atoms with E-state index < -0.39 is 0 Å². The molecule has 0 aromatic rings. The molecule has 0 radical (unpaired) electrons. The molecule has 66 valence electrons. The standard InChI is InChI=1S/C10H21N/c1-4-11-8-6-5-7-10(11)9(2)3/h9-10H,4-8H2,1-3H3/t10-/m0/s1. The van der Waals surface area contributed by atoms with Crippen LogP contribution in [0.15, 0.2) is 0 Å². The van der Waals surface area contributed by atoms with Crippen LogP contribution in [-0.4, -0.2) is 24.0 Å². The molecule has 0 bridgehead atoms. The van der Waals surface area contributed by atoms with Crippen molar-refractivity contribution in [1.29, 1.82) is 0 Å². The Morgan fingerprint density at radius 2 is 2.09 bits per heavy atom. The maximum absolute atomic E-state index is 2.63. The Morgan fingerprint density at radius 1 is 1.36 bits per heavy atom. The fourth-order valence-electron chi connectivity index (χ4n) is 2.16. The second-order valence-electron chi connectivity index (χ2n) is 3.94. The van der Waals surface area contributed by atoms with Crippen LogP contribution < -0.4 is 0 Å². The van der Waals surface area contributed by atoms with Crippen molar-refractivity contribution in [2.45, 2.75) is 46.1 Å². The molecule has 0 aliphatic carbocycles. The van der Waals surface area contributed by atoms with Crippen molar-refractivity contribution in [3.63, 3.8) is 0 Å². The summed E-state index contributed by atoms with van der Waals surface area (Å²) >= 11 is 0. The molecule has 1 atom stereocenters. The molecule has 0 spiro atoms. The Bertz CT molecular complexity index is 109. The van der Waals surface area contributed by atoms with Gasteiger partial charge in [-0.3, -0.25) is 0 Å². The van der Waals surface area contributed by atoms with E-state index >= 15 is 0 Å². The van der Waals surface area contributed by atoms with E-state index in [0.29, 0.717) is 0 Å². The van der Waals surface area contributed by atoms with Gasteiger partial charge in [0.05, 0.1) is 0 Å². The topological polar surface area (TPSA) is 3.24 Å². The van der Waals surface area contributed by atoms with Crippen molar-refractivity contribution in [2.75, 3.05) is 13.1 Å². The Morgan fingerprint density at radius 3 is 2.55 bits per heavy atom. The second kappa shape index (κ2) is 4.10. The van der Waals surface area contributed by atoms with E-state index in [0.717, 1.165) is 12.0 Å². The van der Waals surface area contributed by atoms with Gasteiger partial charge in [-0.2, -0.15) is 0 Å². The molecule has 1 saturated heterocycles. The average molecular weight is 155 g/mol. The molecule has 1 fully saturated rings. The summed E-state index contributed by atoms with van der Waals surface area (Å²) in [6.45, 7) is 9.54. The van der Waals surface area contributed by atoms with Crippen molar-refractivity contribution >= 4 is 0 Å². The van der Waals surface area contributed by atoms with Gasteiger partial charge in [0.2, 0.25) is 0 Å². The Balaban J connectivity index is 2.44. The minimum absolute atomic E-state index is 0.843. The van der Waals surface area contributed by atoms with Gasteiger partial charge in [-0.1, -0.05) is 27.2 Å². The highest BCUT2D eigenvalue weighted by atomic mass is 15.2. The lowest BCUT2D eigenvalue weighted by Gasteiger charge is -2.37. The van der Waals surface area contributed by atoms with E-state index in [2.05, 4.69) is 25.7 Å². The molecular formula is C10H21N. The molecular weight excluding hydrogens is 134 g/mol. The Labute approximate surface area is 70.8 Å². The quantitative estimate of drug-likeness (QED) is 0.592. The van der Waals surface area contributed by atoms with Gasteiger partial charge in [-0.15, -0.1) is 0 Å². The average Bonchev–Trinajstić information content (AvgIpc) is 2.04. The minimum Gasteiger partial charge on any atom is -0.300 e. The first-order chi connectivity index (χ1) is 5.25. The second-order valence-corrected chi connectivity index (χ2v) is 3.94.